The number of esters is 1. The van der Waals surface area contributed by atoms with Crippen LogP contribution < -0.4 is 0 Å². The van der Waals surface area contributed by atoms with Gasteiger partial charge < -0.3 is 9.14 Å². The van der Waals surface area contributed by atoms with E-state index in [9.17, 15) is 19.7 Å². The van der Waals surface area contributed by atoms with E-state index in [0.717, 1.165) is 16.8 Å². The first-order chi connectivity index (χ1) is 13.9. The molecule has 3 aromatic rings. The van der Waals surface area contributed by atoms with Crippen molar-refractivity contribution in [3.05, 3.63) is 81.2 Å². The molecule has 0 unspecified atom stereocenters. The summed E-state index contributed by atoms with van der Waals surface area (Å²) in [5.41, 5.74) is 3.18. The van der Waals surface area contributed by atoms with Crippen LogP contribution in [0.1, 0.15) is 46.9 Å². The minimum atomic E-state index is -0.512. The molecule has 29 heavy (non-hydrogen) atoms. The minimum absolute atomic E-state index is 0.119. The zero-order valence-electron chi connectivity index (χ0n) is 16.4. The molecule has 150 valence electrons. The molecular formula is C22H22N2O5. The van der Waals surface area contributed by atoms with Crippen molar-refractivity contribution in [3.63, 3.8) is 0 Å². The van der Waals surface area contributed by atoms with E-state index in [1.54, 1.807) is 13.0 Å². The number of carbonyl (C=O) groups is 2. The Morgan fingerprint density at radius 3 is 2.69 bits per heavy atom. The molecule has 0 spiro atoms. The molecule has 1 aromatic carbocycles. The van der Waals surface area contributed by atoms with Gasteiger partial charge in [-0.15, -0.1) is 0 Å². The van der Waals surface area contributed by atoms with Crippen molar-refractivity contribution < 1.29 is 19.2 Å². The summed E-state index contributed by atoms with van der Waals surface area (Å²) in [6.07, 6.45) is 3.40. The molecule has 0 aliphatic heterocycles. The average molecular weight is 394 g/mol. The van der Waals surface area contributed by atoms with E-state index in [-0.39, 0.29) is 23.0 Å². The van der Waals surface area contributed by atoms with Crippen LogP contribution in [-0.2, 0) is 16.0 Å². The van der Waals surface area contributed by atoms with Crippen molar-refractivity contribution in [2.24, 2.45) is 0 Å². The van der Waals surface area contributed by atoms with Gasteiger partial charge in [0.15, 0.2) is 5.78 Å². The monoisotopic (exact) mass is 394 g/mol. The minimum Gasteiger partial charge on any atom is -0.466 e. The highest BCUT2D eigenvalue weighted by Crippen LogP contribution is 2.28. The number of rotatable bonds is 8. The first kappa shape index (κ1) is 20.3. The summed E-state index contributed by atoms with van der Waals surface area (Å²) in [4.78, 5) is 35.4. The molecular weight excluding hydrogens is 372 g/mol. The van der Waals surface area contributed by atoms with Crippen molar-refractivity contribution in [1.29, 1.82) is 0 Å². The second kappa shape index (κ2) is 8.68. The van der Waals surface area contributed by atoms with Gasteiger partial charge in [0, 0.05) is 36.0 Å². The summed E-state index contributed by atoms with van der Waals surface area (Å²) in [5, 5.41) is 11.1. The molecule has 0 fully saturated rings. The first-order valence-electron chi connectivity index (χ1n) is 9.47. The number of fused-ring (bicyclic) bond motifs is 1. The van der Waals surface area contributed by atoms with Crippen LogP contribution in [0.15, 0.2) is 48.7 Å². The van der Waals surface area contributed by atoms with Crippen LogP contribution in [0.25, 0.3) is 5.52 Å². The van der Waals surface area contributed by atoms with Crippen LogP contribution in [0.2, 0.25) is 0 Å². The summed E-state index contributed by atoms with van der Waals surface area (Å²) in [7, 11) is 0. The molecule has 0 N–H and O–H groups in total. The first-order valence-corrected chi connectivity index (χ1v) is 9.47. The Morgan fingerprint density at radius 1 is 1.17 bits per heavy atom. The van der Waals surface area contributed by atoms with Crippen molar-refractivity contribution in [2.45, 2.75) is 33.1 Å². The van der Waals surface area contributed by atoms with E-state index in [1.165, 1.54) is 18.2 Å². The SMILES string of the molecule is CCOC(=O)CCCc1c(C)c(C(=O)c2cccc([N+](=O)[O-])c2)c2ccccn12. The van der Waals surface area contributed by atoms with Crippen molar-refractivity contribution >= 4 is 23.0 Å². The Morgan fingerprint density at radius 2 is 1.97 bits per heavy atom. The number of hydrogen-bond acceptors (Lipinski definition) is 5. The fourth-order valence-electron chi connectivity index (χ4n) is 3.53. The van der Waals surface area contributed by atoms with Crippen LogP contribution >= 0.6 is 0 Å². The predicted octanol–water partition coefficient (Wildman–Crippen LogP) is 4.27. The fourth-order valence-corrected chi connectivity index (χ4v) is 3.53. The van der Waals surface area contributed by atoms with E-state index < -0.39 is 4.92 Å². The van der Waals surface area contributed by atoms with Crippen LogP contribution in [0.4, 0.5) is 5.69 Å². The van der Waals surface area contributed by atoms with Gasteiger partial charge in [-0.1, -0.05) is 18.2 Å². The number of nitrogens with zero attached hydrogens (tertiary/aromatic N) is 2. The normalized spacial score (nSPS) is 10.8. The number of nitro benzene ring substituents is 1. The van der Waals surface area contributed by atoms with Crippen LogP contribution in [0, 0.1) is 17.0 Å². The number of nitro groups is 1. The summed E-state index contributed by atoms with van der Waals surface area (Å²) < 4.78 is 6.92. The number of ketones is 1. The number of hydrogen-bond donors (Lipinski definition) is 0. The topological polar surface area (TPSA) is 90.9 Å². The molecule has 0 radical (unpaired) electrons. The fraction of sp³-hybridized carbons (Fsp3) is 0.273. The third-order valence-corrected chi connectivity index (χ3v) is 4.86. The van der Waals surface area contributed by atoms with Gasteiger partial charge >= 0.3 is 5.97 Å². The average Bonchev–Trinajstić information content (AvgIpc) is 2.99. The zero-order chi connectivity index (χ0) is 21.0. The zero-order valence-corrected chi connectivity index (χ0v) is 16.4. The van der Waals surface area contributed by atoms with E-state index in [1.807, 2.05) is 35.7 Å². The Balaban J connectivity index is 1.97. The van der Waals surface area contributed by atoms with Crippen molar-refractivity contribution in [1.82, 2.24) is 4.40 Å². The third-order valence-electron chi connectivity index (χ3n) is 4.86. The van der Waals surface area contributed by atoms with Gasteiger partial charge in [0.25, 0.3) is 5.69 Å². The Labute approximate surface area is 168 Å². The molecule has 0 aliphatic carbocycles. The largest absolute Gasteiger partial charge is 0.466 e. The van der Waals surface area contributed by atoms with Gasteiger partial charge in [-0.2, -0.15) is 0 Å². The third kappa shape index (κ3) is 4.18. The van der Waals surface area contributed by atoms with E-state index in [4.69, 9.17) is 4.74 Å². The molecule has 0 amide bonds. The molecule has 2 heterocycles. The maximum absolute atomic E-state index is 13.2. The summed E-state index contributed by atoms with van der Waals surface area (Å²) in [6.45, 7) is 4.00. The molecule has 0 saturated heterocycles. The van der Waals surface area contributed by atoms with Gasteiger partial charge in [-0.25, -0.2) is 0 Å². The number of aromatic nitrogens is 1. The lowest BCUT2D eigenvalue weighted by Crippen LogP contribution is -2.05. The van der Waals surface area contributed by atoms with Crippen LogP contribution in [0.5, 0.6) is 0 Å². The maximum Gasteiger partial charge on any atom is 0.305 e. The highest BCUT2D eigenvalue weighted by molar-refractivity contribution is 6.14. The van der Waals surface area contributed by atoms with Gasteiger partial charge in [0.1, 0.15) is 0 Å². The number of benzene rings is 1. The smallest absolute Gasteiger partial charge is 0.305 e. The highest BCUT2D eigenvalue weighted by atomic mass is 16.6. The quantitative estimate of drug-likeness (QED) is 0.246. The van der Waals surface area contributed by atoms with E-state index in [2.05, 4.69) is 0 Å². The molecule has 2 aromatic heterocycles. The van der Waals surface area contributed by atoms with Crippen LogP contribution in [0.3, 0.4) is 0 Å². The Hall–Kier alpha value is -3.48. The Kier molecular flexibility index (Phi) is 6.07. The van der Waals surface area contributed by atoms with Gasteiger partial charge in [0.2, 0.25) is 0 Å². The van der Waals surface area contributed by atoms with Gasteiger partial charge in [-0.05, 0) is 44.4 Å². The van der Waals surface area contributed by atoms with Crippen molar-refractivity contribution in [3.8, 4) is 0 Å². The molecule has 0 atom stereocenters. The van der Waals surface area contributed by atoms with E-state index >= 15 is 0 Å². The number of pyridine rings is 1. The lowest BCUT2D eigenvalue weighted by molar-refractivity contribution is -0.384. The van der Waals surface area contributed by atoms with Crippen molar-refractivity contribution in [2.75, 3.05) is 6.61 Å². The highest BCUT2D eigenvalue weighted by Gasteiger charge is 2.22. The molecule has 0 aliphatic rings. The lowest BCUT2D eigenvalue weighted by atomic mass is 9.99. The maximum atomic E-state index is 13.2. The molecule has 7 heteroatoms. The summed E-state index contributed by atoms with van der Waals surface area (Å²) in [6, 6.07) is 11.3. The standard InChI is InChI=1S/C22H22N2O5/c1-3-29-20(25)12-7-11-18-15(2)21(19-10-4-5-13-23(18)19)22(26)16-8-6-9-17(14-16)24(27)28/h4-6,8-10,13-14H,3,7,11-12H2,1-2H3. The number of aryl methyl sites for hydroxylation is 1. The van der Waals surface area contributed by atoms with Gasteiger partial charge in [0.05, 0.1) is 22.6 Å². The molecule has 7 nitrogen and oxygen atoms in total. The number of ether oxygens (including phenoxy) is 1. The molecule has 0 saturated carbocycles. The summed E-state index contributed by atoms with van der Waals surface area (Å²) >= 11 is 0. The second-order valence-electron chi connectivity index (χ2n) is 6.70. The lowest BCUT2D eigenvalue weighted by Gasteiger charge is -2.05. The number of carbonyl (C=O) groups excluding carboxylic acids is 2. The Bertz CT molecular complexity index is 1080. The van der Waals surface area contributed by atoms with Crippen LogP contribution in [-0.4, -0.2) is 27.7 Å². The molecule has 3 rings (SSSR count). The molecule has 0 bridgehead atoms. The predicted molar refractivity (Wildman–Crippen MR) is 108 cm³/mol. The van der Waals surface area contributed by atoms with E-state index in [0.29, 0.717) is 31.4 Å². The van der Waals surface area contributed by atoms with Gasteiger partial charge in [-0.3, -0.25) is 19.7 Å². The summed E-state index contributed by atoms with van der Waals surface area (Å²) in [5.74, 6) is -0.495. The number of non-ortho nitro benzene ring substituents is 1. The second-order valence-corrected chi connectivity index (χ2v) is 6.70.